The van der Waals surface area contributed by atoms with Crippen molar-refractivity contribution in [1.29, 1.82) is 0 Å². The van der Waals surface area contributed by atoms with Gasteiger partial charge in [-0.25, -0.2) is 0 Å². The Kier molecular flexibility index (Phi) is 6.58. The molecule has 5 nitrogen and oxygen atoms in total. The lowest BCUT2D eigenvalue weighted by atomic mass is 9.77. The van der Waals surface area contributed by atoms with E-state index >= 15 is 0 Å². The highest BCUT2D eigenvalue weighted by Crippen LogP contribution is 2.38. The van der Waals surface area contributed by atoms with Gasteiger partial charge in [0.15, 0.2) is 0 Å². The topological polar surface area (TPSA) is 69.6 Å². The Bertz CT molecular complexity index is 915. The van der Waals surface area contributed by atoms with Gasteiger partial charge in [0, 0.05) is 17.3 Å². The lowest BCUT2D eigenvalue weighted by Gasteiger charge is -2.45. The van der Waals surface area contributed by atoms with Crippen LogP contribution in [0.3, 0.4) is 0 Å². The van der Waals surface area contributed by atoms with Crippen LogP contribution in [0.5, 0.6) is 0 Å². The minimum Gasteiger partial charge on any atom is -0.393 e. The van der Waals surface area contributed by atoms with E-state index in [1.165, 1.54) is 4.90 Å². The molecule has 1 saturated carbocycles. The third-order valence-corrected chi connectivity index (χ3v) is 5.56. The number of carbonyl (C=O) groups excluding carboxylic acids is 2. The minimum absolute atomic E-state index is 0.295. The fraction of sp³-hybridized carbons (Fsp3) is 0.304. The summed E-state index contributed by atoms with van der Waals surface area (Å²) in [7, 11) is 0. The molecule has 0 saturated heterocycles. The number of rotatable bonds is 5. The van der Waals surface area contributed by atoms with Crippen molar-refractivity contribution in [2.45, 2.75) is 43.9 Å². The Hall–Kier alpha value is -2.81. The highest BCUT2D eigenvalue weighted by Gasteiger charge is 2.49. The maximum Gasteiger partial charge on any atom is 0.303 e. The maximum absolute atomic E-state index is 13.4. The van der Waals surface area contributed by atoms with Crippen molar-refractivity contribution in [3.8, 4) is 12.3 Å². The molecular formula is C23H23ClN2O3. The molecule has 3 rings (SSSR count). The molecule has 0 atom stereocenters. The van der Waals surface area contributed by atoms with Gasteiger partial charge in [-0.05, 0) is 55.4 Å². The van der Waals surface area contributed by atoms with Gasteiger partial charge in [0.05, 0.1) is 6.10 Å². The fourth-order valence-corrected chi connectivity index (χ4v) is 4.00. The van der Waals surface area contributed by atoms with Crippen molar-refractivity contribution in [2.75, 3.05) is 4.90 Å². The SMILES string of the molecule is C#CC(=O)N(c1cccc(Cl)c1)C1(C(=O)NCc2ccccc2)CCC(O)CC1. The fourth-order valence-electron chi connectivity index (χ4n) is 3.81. The molecule has 1 aliphatic rings. The van der Waals surface area contributed by atoms with Crippen molar-refractivity contribution in [1.82, 2.24) is 5.32 Å². The van der Waals surface area contributed by atoms with E-state index in [2.05, 4.69) is 11.2 Å². The number of terminal acetylenes is 1. The molecule has 0 unspecified atom stereocenters. The Morgan fingerprint density at radius 3 is 2.48 bits per heavy atom. The van der Waals surface area contributed by atoms with E-state index in [0.717, 1.165) is 5.56 Å². The van der Waals surface area contributed by atoms with Crippen LogP contribution < -0.4 is 10.2 Å². The predicted octanol–water partition coefficient (Wildman–Crippen LogP) is 3.30. The maximum atomic E-state index is 13.4. The van der Waals surface area contributed by atoms with Crippen LogP contribution in [0.2, 0.25) is 5.02 Å². The number of hydrogen-bond acceptors (Lipinski definition) is 3. The minimum atomic E-state index is -1.19. The molecule has 0 radical (unpaired) electrons. The van der Waals surface area contributed by atoms with Crippen LogP contribution in [0.25, 0.3) is 0 Å². The number of halogens is 1. The van der Waals surface area contributed by atoms with Crippen molar-refractivity contribution >= 4 is 29.1 Å². The summed E-state index contributed by atoms with van der Waals surface area (Å²) in [5, 5.41) is 13.4. The summed E-state index contributed by atoms with van der Waals surface area (Å²) >= 11 is 6.13. The zero-order chi connectivity index (χ0) is 20.9. The lowest BCUT2D eigenvalue weighted by Crippen LogP contribution is -2.62. The summed E-state index contributed by atoms with van der Waals surface area (Å²) in [6.07, 6.45) is 6.34. The van der Waals surface area contributed by atoms with Gasteiger partial charge in [-0.2, -0.15) is 0 Å². The normalized spacial score (nSPS) is 21.1. The highest BCUT2D eigenvalue weighted by molar-refractivity contribution is 6.31. The molecule has 29 heavy (non-hydrogen) atoms. The van der Waals surface area contributed by atoms with Gasteiger partial charge in [0.25, 0.3) is 0 Å². The second kappa shape index (κ2) is 9.13. The number of nitrogens with one attached hydrogen (secondary N) is 1. The third kappa shape index (κ3) is 4.61. The summed E-state index contributed by atoms with van der Waals surface area (Å²) in [6.45, 7) is 0.331. The number of hydrogen-bond donors (Lipinski definition) is 2. The van der Waals surface area contributed by atoms with E-state index in [4.69, 9.17) is 18.0 Å². The van der Waals surface area contributed by atoms with Crippen molar-refractivity contribution < 1.29 is 14.7 Å². The Labute approximate surface area is 175 Å². The number of benzene rings is 2. The molecule has 0 heterocycles. The summed E-state index contributed by atoms with van der Waals surface area (Å²) < 4.78 is 0. The Balaban J connectivity index is 1.98. The van der Waals surface area contributed by atoms with Gasteiger partial charge in [0.2, 0.25) is 5.91 Å². The molecule has 0 aliphatic heterocycles. The Morgan fingerprint density at radius 1 is 1.17 bits per heavy atom. The standard InChI is InChI=1S/C23H23ClN2O3/c1-2-21(28)26(19-10-6-9-18(24)15-19)23(13-11-20(27)12-14-23)22(29)25-16-17-7-4-3-5-8-17/h1,3-10,15,20,27H,11-14,16H2,(H,25,29). The predicted molar refractivity (Wildman–Crippen MR) is 113 cm³/mol. The van der Waals surface area contributed by atoms with Gasteiger partial charge in [-0.15, -0.1) is 6.42 Å². The summed E-state index contributed by atoms with van der Waals surface area (Å²) in [4.78, 5) is 27.6. The molecule has 2 amide bonds. The van der Waals surface area contributed by atoms with Crippen molar-refractivity contribution in [3.63, 3.8) is 0 Å². The van der Waals surface area contributed by atoms with Crippen LogP contribution in [-0.4, -0.2) is 28.6 Å². The molecule has 2 aromatic rings. The molecule has 1 aliphatic carbocycles. The molecule has 1 fully saturated rings. The van der Waals surface area contributed by atoms with Gasteiger partial charge in [-0.3, -0.25) is 14.5 Å². The number of anilines is 1. The lowest BCUT2D eigenvalue weighted by molar-refractivity contribution is -0.131. The Morgan fingerprint density at radius 2 is 1.86 bits per heavy atom. The molecule has 150 valence electrons. The van der Waals surface area contributed by atoms with E-state index in [1.54, 1.807) is 24.3 Å². The number of aliphatic hydroxyl groups excluding tert-OH is 1. The van der Waals surface area contributed by atoms with Gasteiger partial charge >= 0.3 is 5.91 Å². The molecule has 0 aromatic heterocycles. The molecule has 0 spiro atoms. The van der Waals surface area contributed by atoms with Gasteiger partial charge in [0.1, 0.15) is 5.54 Å². The molecule has 6 heteroatoms. The zero-order valence-corrected chi connectivity index (χ0v) is 16.7. The number of nitrogens with zero attached hydrogens (tertiary/aromatic N) is 1. The average Bonchev–Trinajstić information content (AvgIpc) is 2.74. The monoisotopic (exact) mass is 410 g/mol. The van der Waals surface area contributed by atoms with Crippen molar-refractivity contribution in [2.24, 2.45) is 0 Å². The van der Waals surface area contributed by atoms with Crippen LogP contribution in [-0.2, 0) is 16.1 Å². The highest BCUT2D eigenvalue weighted by atomic mass is 35.5. The summed E-state index contributed by atoms with van der Waals surface area (Å²) in [5.74, 6) is 1.24. The number of amides is 2. The molecule has 2 aromatic carbocycles. The second-order valence-electron chi connectivity index (χ2n) is 7.20. The zero-order valence-electron chi connectivity index (χ0n) is 16.0. The quantitative estimate of drug-likeness (QED) is 0.743. The van der Waals surface area contributed by atoms with Crippen LogP contribution >= 0.6 is 11.6 Å². The smallest absolute Gasteiger partial charge is 0.303 e. The van der Waals surface area contributed by atoms with E-state index in [0.29, 0.717) is 42.9 Å². The van der Waals surface area contributed by atoms with E-state index in [9.17, 15) is 14.7 Å². The average molecular weight is 411 g/mol. The molecular weight excluding hydrogens is 388 g/mol. The van der Waals surface area contributed by atoms with Crippen LogP contribution in [0.15, 0.2) is 54.6 Å². The first kappa shape index (κ1) is 20.9. The van der Waals surface area contributed by atoms with E-state index in [1.807, 2.05) is 30.3 Å². The van der Waals surface area contributed by atoms with Gasteiger partial charge < -0.3 is 10.4 Å². The van der Waals surface area contributed by atoms with Crippen molar-refractivity contribution in [3.05, 3.63) is 65.2 Å². The second-order valence-corrected chi connectivity index (χ2v) is 7.63. The third-order valence-electron chi connectivity index (χ3n) is 5.32. The first-order valence-electron chi connectivity index (χ1n) is 9.53. The first-order chi connectivity index (χ1) is 14.0. The summed E-state index contributed by atoms with van der Waals surface area (Å²) in [5.41, 5.74) is 0.221. The summed E-state index contributed by atoms with van der Waals surface area (Å²) in [6, 6.07) is 16.3. The van der Waals surface area contributed by atoms with Crippen LogP contribution in [0.4, 0.5) is 5.69 Å². The largest absolute Gasteiger partial charge is 0.393 e. The van der Waals surface area contributed by atoms with Gasteiger partial charge in [-0.1, -0.05) is 48.0 Å². The van der Waals surface area contributed by atoms with Crippen LogP contribution in [0.1, 0.15) is 31.2 Å². The first-order valence-corrected chi connectivity index (χ1v) is 9.91. The number of aliphatic hydroxyl groups is 1. The molecule has 0 bridgehead atoms. The van der Waals surface area contributed by atoms with Crippen LogP contribution in [0, 0.1) is 12.3 Å². The van der Waals surface area contributed by atoms with E-state index in [-0.39, 0.29) is 5.91 Å². The van der Waals surface area contributed by atoms with E-state index < -0.39 is 17.6 Å². The number of carbonyl (C=O) groups is 2. The molecule has 2 N–H and O–H groups in total.